The van der Waals surface area contributed by atoms with Crippen molar-refractivity contribution in [2.75, 3.05) is 18.4 Å². The molecule has 0 aliphatic carbocycles. The summed E-state index contributed by atoms with van der Waals surface area (Å²) in [5.74, 6) is -2.83. The lowest BCUT2D eigenvalue weighted by Crippen LogP contribution is -2.35. The van der Waals surface area contributed by atoms with E-state index in [0.29, 0.717) is 25.2 Å². The minimum absolute atomic E-state index is 0.310. The third kappa shape index (κ3) is 4.20. The van der Waals surface area contributed by atoms with Crippen LogP contribution in [-0.2, 0) is 16.2 Å². The molecule has 11 heteroatoms. The van der Waals surface area contributed by atoms with Crippen LogP contribution in [0, 0.1) is 5.82 Å². The van der Waals surface area contributed by atoms with Crippen molar-refractivity contribution in [3.63, 3.8) is 0 Å². The van der Waals surface area contributed by atoms with E-state index in [-0.39, 0.29) is 5.69 Å². The monoisotopic (exact) mass is 420 g/mol. The molecule has 1 saturated heterocycles. The Morgan fingerprint density at radius 3 is 2.39 bits per heavy atom. The summed E-state index contributed by atoms with van der Waals surface area (Å²) < 4.78 is 83.0. The van der Waals surface area contributed by atoms with Gasteiger partial charge in [0.15, 0.2) is 5.76 Å². The van der Waals surface area contributed by atoms with Crippen LogP contribution < -0.4 is 5.32 Å². The smallest absolute Gasteiger partial charge is 0.419 e. The maximum Gasteiger partial charge on any atom is 0.419 e. The number of nitrogens with zero attached hydrogens (tertiary/aromatic N) is 1. The summed E-state index contributed by atoms with van der Waals surface area (Å²) in [5, 5.41) is 1.71. The first-order valence-electron chi connectivity index (χ1n) is 8.37. The molecule has 1 aromatic heterocycles. The summed E-state index contributed by atoms with van der Waals surface area (Å²) in [6.45, 7) is 0.695. The standard InChI is InChI=1S/C17H16F4N2O4S/c18-13-5-4-11(10-12(13)17(19,20)21)22-16(24)14-6-7-15(27-14)28(25,26)23-8-2-1-3-9-23/h4-7,10H,1-3,8-9H2,(H,22,24). The molecule has 6 nitrogen and oxygen atoms in total. The Kier molecular flexibility index (Phi) is 5.48. The molecule has 0 atom stereocenters. The molecule has 1 N–H and O–H groups in total. The molecule has 1 aliphatic rings. The van der Waals surface area contributed by atoms with Crippen LogP contribution in [0.2, 0.25) is 0 Å². The molecule has 2 aromatic rings. The SMILES string of the molecule is O=C(Nc1ccc(F)c(C(F)(F)F)c1)c1ccc(S(=O)(=O)N2CCCCC2)o1. The summed E-state index contributed by atoms with van der Waals surface area (Å²) in [6.07, 6.45) is -2.56. The second-order valence-electron chi connectivity index (χ2n) is 6.23. The molecular weight excluding hydrogens is 404 g/mol. The minimum atomic E-state index is -4.93. The number of carbonyl (C=O) groups is 1. The normalized spacial score (nSPS) is 16.1. The fourth-order valence-electron chi connectivity index (χ4n) is 2.83. The third-order valence-electron chi connectivity index (χ3n) is 4.24. The van der Waals surface area contributed by atoms with Crippen LogP contribution >= 0.6 is 0 Å². The Bertz CT molecular complexity index is 979. The largest absolute Gasteiger partial charge is 0.438 e. The molecule has 3 rings (SSSR count). The van der Waals surface area contributed by atoms with Gasteiger partial charge in [-0.2, -0.15) is 17.5 Å². The van der Waals surface area contributed by atoms with Crippen LogP contribution in [0.3, 0.4) is 0 Å². The molecule has 2 heterocycles. The van der Waals surface area contributed by atoms with Gasteiger partial charge in [0.1, 0.15) is 5.82 Å². The summed E-state index contributed by atoms with van der Waals surface area (Å²) in [6, 6.07) is 4.20. The highest BCUT2D eigenvalue weighted by atomic mass is 32.2. The minimum Gasteiger partial charge on any atom is -0.438 e. The molecule has 1 fully saturated rings. The van der Waals surface area contributed by atoms with Gasteiger partial charge in [-0.1, -0.05) is 6.42 Å². The van der Waals surface area contributed by atoms with E-state index in [9.17, 15) is 30.8 Å². The molecule has 1 aliphatic heterocycles. The van der Waals surface area contributed by atoms with Gasteiger partial charge in [-0.25, -0.2) is 12.8 Å². The van der Waals surface area contributed by atoms with Crippen LogP contribution in [0.4, 0.5) is 23.2 Å². The Morgan fingerprint density at radius 2 is 1.75 bits per heavy atom. The van der Waals surface area contributed by atoms with Crippen molar-refractivity contribution in [1.82, 2.24) is 4.31 Å². The lowest BCUT2D eigenvalue weighted by Gasteiger charge is -2.24. The number of carbonyl (C=O) groups excluding carboxylic acids is 1. The van der Waals surface area contributed by atoms with Crippen molar-refractivity contribution in [3.8, 4) is 0 Å². The highest BCUT2D eigenvalue weighted by Gasteiger charge is 2.34. The van der Waals surface area contributed by atoms with Crippen LogP contribution in [0.5, 0.6) is 0 Å². The lowest BCUT2D eigenvalue weighted by atomic mass is 10.2. The number of nitrogens with one attached hydrogen (secondary N) is 1. The van der Waals surface area contributed by atoms with Crippen LogP contribution in [0.15, 0.2) is 39.8 Å². The van der Waals surface area contributed by atoms with Crippen molar-refractivity contribution in [1.29, 1.82) is 0 Å². The van der Waals surface area contributed by atoms with Gasteiger partial charge in [0.25, 0.3) is 15.9 Å². The van der Waals surface area contributed by atoms with Gasteiger partial charge < -0.3 is 9.73 Å². The summed E-state index contributed by atoms with van der Waals surface area (Å²) in [7, 11) is -3.89. The number of hydrogen-bond acceptors (Lipinski definition) is 4. The van der Waals surface area contributed by atoms with Gasteiger partial charge in [0.05, 0.1) is 5.56 Å². The number of piperidine rings is 1. The second kappa shape index (κ2) is 7.55. The average molecular weight is 420 g/mol. The first kappa shape index (κ1) is 20.3. The zero-order valence-corrected chi connectivity index (χ0v) is 15.2. The molecule has 152 valence electrons. The number of anilines is 1. The van der Waals surface area contributed by atoms with Crippen LogP contribution in [0.1, 0.15) is 35.4 Å². The van der Waals surface area contributed by atoms with Gasteiger partial charge in [0.2, 0.25) is 5.09 Å². The number of benzene rings is 1. The summed E-state index contributed by atoms with van der Waals surface area (Å²) >= 11 is 0. The molecule has 1 aromatic carbocycles. The van der Waals surface area contributed by atoms with Crippen LogP contribution in [-0.4, -0.2) is 31.7 Å². The Hall–Kier alpha value is -2.40. The number of rotatable bonds is 4. The zero-order chi connectivity index (χ0) is 20.5. The average Bonchev–Trinajstić information content (AvgIpc) is 3.14. The van der Waals surface area contributed by atoms with Crippen molar-refractivity contribution < 1.29 is 35.2 Å². The molecule has 0 radical (unpaired) electrons. The molecule has 0 saturated carbocycles. The number of alkyl halides is 3. The van der Waals surface area contributed by atoms with E-state index < -0.39 is 44.3 Å². The highest BCUT2D eigenvalue weighted by Crippen LogP contribution is 2.33. The van der Waals surface area contributed by atoms with E-state index in [0.717, 1.165) is 37.5 Å². The van der Waals surface area contributed by atoms with E-state index >= 15 is 0 Å². The molecule has 28 heavy (non-hydrogen) atoms. The first-order chi connectivity index (χ1) is 13.1. The highest BCUT2D eigenvalue weighted by molar-refractivity contribution is 7.89. The van der Waals surface area contributed by atoms with E-state index in [1.54, 1.807) is 0 Å². The van der Waals surface area contributed by atoms with Gasteiger partial charge in [0, 0.05) is 18.8 Å². The van der Waals surface area contributed by atoms with E-state index in [1.807, 2.05) is 0 Å². The molecule has 0 bridgehead atoms. The van der Waals surface area contributed by atoms with Crippen molar-refractivity contribution in [2.45, 2.75) is 30.5 Å². The van der Waals surface area contributed by atoms with Gasteiger partial charge in [-0.05, 0) is 43.2 Å². The van der Waals surface area contributed by atoms with Crippen molar-refractivity contribution in [3.05, 3.63) is 47.5 Å². The fourth-order valence-corrected chi connectivity index (χ4v) is 4.25. The summed E-state index contributed by atoms with van der Waals surface area (Å²) in [4.78, 5) is 12.2. The molecular formula is C17H16F4N2O4S. The van der Waals surface area contributed by atoms with Crippen molar-refractivity contribution in [2.24, 2.45) is 0 Å². The van der Waals surface area contributed by atoms with Gasteiger partial charge >= 0.3 is 6.18 Å². The van der Waals surface area contributed by atoms with Crippen molar-refractivity contribution >= 4 is 21.6 Å². The Balaban J connectivity index is 1.78. The maximum atomic E-state index is 13.3. The number of amides is 1. The van der Waals surface area contributed by atoms with Gasteiger partial charge in [-0.15, -0.1) is 0 Å². The summed E-state index contributed by atoms with van der Waals surface area (Å²) in [5.41, 5.74) is -1.84. The van der Waals surface area contributed by atoms with E-state index in [4.69, 9.17) is 4.42 Å². The second-order valence-corrected chi connectivity index (χ2v) is 8.10. The predicted molar refractivity (Wildman–Crippen MR) is 90.7 cm³/mol. The van der Waals surface area contributed by atoms with E-state index in [1.165, 1.54) is 4.31 Å². The van der Waals surface area contributed by atoms with Gasteiger partial charge in [-0.3, -0.25) is 4.79 Å². The Morgan fingerprint density at radius 1 is 1.07 bits per heavy atom. The molecule has 0 spiro atoms. The predicted octanol–water partition coefficient (Wildman–Crippen LogP) is 3.86. The maximum absolute atomic E-state index is 13.3. The van der Waals surface area contributed by atoms with E-state index in [2.05, 4.69) is 5.32 Å². The number of furan rings is 1. The first-order valence-corrected chi connectivity index (χ1v) is 9.81. The zero-order valence-electron chi connectivity index (χ0n) is 14.4. The fraction of sp³-hybridized carbons (Fsp3) is 0.353. The quantitative estimate of drug-likeness (QED) is 0.762. The number of halogens is 4. The third-order valence-corrected chi connectivity index (χ3v) is 6.02. The Labute approximate surface area is 158 Å². The number of hydrogen-bond donors (Lipinski definition) is 1. The topological polar surface area (TPSA) is 79.6 Å². The molecule has 0 unspecified atom stereocenters. The molecule has 1 amide bonds. The lowest BCUT2D eigenvalue weighted by molar-refractivity contribution is -0.139. The number of sulfonamides is 1. The van der Waals surface area contributed by atoms with Crippen LogP contribution in [0.25, 0.3) is 0 Å².